The number of aliphatic imine (C=N–C) groups is 1. The Morgan fingerprint density at radius 2 is 2.14 bits per heavy atom. The molecular formula is C12H18N2. The Bertz CT molecular complexity index is 316. The molecule has 0 saturated carbocycles. The van der Waals surface area contributed by atoms with Crippen LogP contribution in [0, 0.1) is 6.92 Å². The van der Waals surface area contributed by atoms with Crippen molar-refractivity contribution < 1.29 is 0 Å². The zero-order valence-electron chi connectivity index (χ0n) is 9.17. The van der Waals surface area contributed by atoms with Crippen LogP contribution < -0.4 is 5.32 Å². The Labute approximate surface area is 86.1 Å². The normalized spacial score (nSPS) is 10.8. The number of rotatable bonds is 4. The zero-order valence-corrected chi connectivity index (χ0v) is 9.17. The first-order valence-corrected chi connectivity index (χ1v) is 5.12. The monoisotopic (exact) mass is 190 g/mol. The van der Waals surface area contributed by atoms with Crippen molar-refractivity contribution in [1.82, 2.24) is 0 Å². The summed E-state index contributed by atoms with van der Waals surface area (Å²) in [7, 11) is 0. The molecule has 0 aromatic heterocycles. The molecule has 1 rings (SSSR count). The standard InChI is InChI=1S/C12H18N2/c1-4-11-6-7-12(10(3)8-11)14-9-13-5-2/h6-9H,4-5H2,1-3H3,(H,13,14). The van der Waals surface area contributed by atoms with Crippen LogP contribution in [0.3, 0.4) is 0 Å². The SMILES string of the molecule is CCN=CNc1ccc(CC)cc1C. The van der Waals surface area contributed by atoms with Gasteiger partial charge in [0, 0.05) is 12.2 Å². The predicted molar refractivity (Wildman–Crippen MR) is 63.2 cm³/mol. The molecule has 2 nitrogen and oxygen atoms in total. The molecule has 1 aromatic carbocycles. The third kappa shape index (κ3) is 2.87. The van der Waals surface area contributed by atoms with E-state index in [1.165, 1.54) is 11.1 Å². The first-order chi connectivity index (χ1) is 6.77. The lowest BCUT2D eigenvalue weighted by molar-refractivity contribution is 1.13. The van der Waals surface area contributed by atoms with E-state index in [4.69, 9.17) is 0 Å². The summed E-state index contributed by atoms with van der Waals surface area (Å²) in [6.07, 6.45) is 2.85. The van der Waals surface area contributed by atoms with E-state index in [0.717, 1.165) is 18.7 Å². The van der Waals surface area contributed by atoms with Gasteiger partial charge < -0.3 is 5.32 Å². The second-order valence-corrected chi connectivity index (χ2v) is 3.28. The Balaban J connectivity index is 2.73. The van der Waals surface area contributed by atoms with Gasteiger partial charge in [0.05, 0.1) is 6.34 Å². The van der Waals surface area contributed by atoms with E-state index >= 15 is 0 Å². The van der Waals surface area contributed by atoms with Crippen molar-refractivity contribution >= 4 is 12.0 Å². The van der Waals surface area contributed by atoms with Gasteiger partial charge in [-0.25, -0.2) is 0 Å². The number of hydrogen-bond donors (Lipinski definition) is 1. The molecular weight excluding hydrogens is 172 g/mol. The van der Waals surface area contributed by atoms with Crippen molar-refractivity contribution in [3.05, 3.63) is 29.3 Å². The maximum absolute atomic E-state index is 4.11. The minimum absolute atomic E-state index is 0.819. The lowest BCUT2D eigenvalue weighted by atomic mass is 10.1. The third-order valence-corrected chi connectivity index (χ3v) is 2.19. The van der Waals surface area contributed by atoms with Crippen LogP contribution in [0.25, 0.3) is 0 Å². The van der Waals surface area contributed by atoms with Gasteiger partial charge >= 0.3 is 0 Å². The fourth-order valence-electron chi connectivity index (χ4n) is 1.31. The van der Waals surface area contributed by atoms with Crippen molar-refractivity contribution in [2.24, 2.45) is 4.99 Å². The maximum atomic E-state index is 4.11. The summed E-state index contributed by atoms with van der Waals surface area (Å²) in [6.45, 7) is 7.12. The second kappa shape index (κ2) is 5.43. The van der Waals surface area contributed by atoms with Crippen molar-refractivity contribution in [3.63, 3.8) is 0 Å². The molecule has 0 aliphatic heterocycles. The molecule has 0 atom stereocenters. The van der Waals surface area contributed by atoms with E-state index in [0.29, 0.717) is 0 Å². The number of nitrogens with one attached hydrogen (secondary N) is 1. The van der Waals surface area contributed by atoms with Gasteiger partial charge in [-0.3, -0.25) is 4.99 Å². The van der Waals surface area contributed by atoms with Crippen LogP contribution >= 0.6 is 0 Å². The minimum Gasteiger partial charge on any atom is -0.347 e. The summed E-state index contributed by atoms with van der Waals surface area (Å²) in [5.74, 6) is 0. The third-order valence-electron chi connectivity index (χ3n) is 2.19. The van der Waals surface area contributed by atoms with Crippen molar-refractivity contribution in [3.8, 4) is 0 Å². The molecule has 76 valence electrons. The van der Waals surface area contributed by atoms with Crippen LogP contribution in [-0.2, 0) is 6.42 Å². The van der Waals surface area contributed by atoms with Gasteiger partial charge in [0.25, 0.3) is 0 Å². The number of aryl methyl sites for hydroxylation is 2. The molecule has 0 fully saturated rings. The van der Waals surface area contributed by atoms with E-state index in [2.05, 4.69) is 42.4 Å². The van der Waals surface area contributed by atoms with Gasteiger partial charge in [0.15, 0.2) is 0 Å². The van der Waals surface area contributed by atoms with Crippen LogP contribution in [-0.4, -0.2) is 12.9 Å². The summed E-state index contributed by atoms with van der Waals surface area (Å²) in [5, 5.41) is 3.17. The molecule has 2 heteroatoms. The number of anilines is 1. The molecule has 0 saturated heterocycles. The topological polar surface area (TPSA) is 24.4 Å². The molecule has 0 radical (unpaired) electrons. The van der Waals surface area contributed by atoms with Crippen molar-refractivity contribution in [2.75, 3.05) is 11.9 Å². The summed E-state index contributed by atoms with van der Waals surface area (Å²) < 4.78 is 0. The highest BCUT2D eigenvalue weighted by Gasteiger charge is 1.96. The molecule has 0 bridgehead atoms. The van der Waals surface area contributed by atoms with E-state index in [9.17, 15) is 0 Å². The van der Waals surface area contributed by atoms with Gasteiger partial charge in [-0.05, 0) is 37.5 Å². The quantitative estimate of drug-likeness (QED) is 0.573. The van der Waals surface area contributed by atoms with E-state index in [1.807, 2.05) is 6.92 Å². The summed E-state index contributed by atoms with van der Waals surface area (Å²) in [5.41, 5.74) is 3.78. The summed E-state index contributed by atoms with van der Waals surface area (Å²) in [6, 6.07) is 6.47. The number of hydrogen-bond acceptors (Lipinski definition) is 1. The highest BCUT2D eigenvalue weighted by molar-refractivity contribution is 5.77. The average molecular weight is 190 g/mol. The Kier molecular flexibility index (Phi) is 4.17. The molecule has 0 aliphatic rings. The highest BCUT2D eigenvalue weighted by Crippen LogP contribution is 2.15. The van der Waals surface area contributed by atoms with Crippen LogP contribution in [0.4, 0.5) is 5.69 Å². The van der Waals surface area contributed by atoms with Crippen LogP contribution in [0.1, 0.15) is 25.0 Å². The van der Waals surface area contributed by atoms with Crippen LogP contribution in [0.2, 0.25) is 0 Å². The summed E-state index contributed by atoms with van der Waals surface area (Å²) in [4.78, 5) is 4.11. The molecule has 0 amide bonds. The van der Waals surface area contributed by atoms with Gasteiger partial charge in [-0.1, -0.05) is 19.1 Å². The second-order valence-electron chi connectivity index (χ2n) is 3.28. The molecule has 1 N–H and O–H groups in total. The van der Waals surface area contributed by atoms with Gasteiger partial charge in [0.1, 0.15) is 0 Å². The lowest BCUT2D eigenvalue weighted by Crippen LogP contribution is -1.98. The molecule has 0 heterocycles. The van der Waals surface area contributed by atoms with E-state index < -0.39 is 0 Å². The van der Waals surface area contributed by atoms with Gasteiger partial charge in [-0.2, -0.15) is 0 Å². The van der Waals surface area contributed by atoms with Gasteiger partial charge in [-0.15, -0.1) is 0 Å². The van der Waals surface area contributed by atoms with Crippen molar-refractivity contribution in [1.29, 1.82) is 0 Å². The highest BCUT2D eigenvalue weighted by atomic mass is 14.9. The maximum Gasteiger partial charge on any atom is 0.0867 e. The first-order valence-electron chi connectivity index (χ1n) is 5.12. The largest absolute Gasteiger partial charge is 0.347 e. The smallest absolute Gasteiger partial charge is 0.0867 e. The van der Waals surface area contributed by atoms with Crippen LogP contribution in [0.5, 0.6) is 0 Å². The Morgan fingerprint density at radius 3 is 2.71 bits per heavy atom. The number of benzene rings is 1. The van der Waals surface area contributed by atoms with E-state index in [-0.39, 0.29) is 0 Å². The fourth-order valence-corrected chi connectivity index (χ4v) is 1.31. The Hall–Kier alpha value is -1.31. The molecule has 0 aliphatic carbocycles. The first kappa shape index (κ1) is 10.8. The fraction of sp³-hybridized carbons (Fsp3) is 0.417. The molecule has 1 aromatic rings. The van der Waals surface area contributed by atoms with Crippen LogP contribution in [0.15, 0.2) is 23.2 Å². The lowest BCUT2D eigenvalue weighted by Gasteiger charge is -2.06. The van der Waals surface area contributed by atoms with E-state index in [1.54, 1.807) is 6.34 Å². The Morgan fingerprint density at radius 1 is 1.36 bits per heavy atom. The molecule has 0 spiro atoms. The minimum atomic E-state index is 0.819. The zero-order chi connectivity index (χ0) is 10.4. The molecule has 0 unspecified atom stereocenters. The molecule has 14 heavy (non-hydrogen) atoms. The van der Waals surface area contributed by atoms with Crippen molar-refractivity contribution in [2.45, 2.75) is 27.2 Å². The average Bonchev–Trinajstić information content (AvgIpc) is 2.20. The summed E-state index contributed by atoms with van der Waals surface area (Å²) >= 11 is 0. The number of nitrogens with zero attached hydrogens (tertiary/aromatic N) is 1. The predicted octanol–water partition coefficient (Wildman–Crippen LogP) is 3.02. The van der Waals surface area contributed by atoms with Gasteiger partial charge in [0.2, 0.25) is 0 Å².